The second-order valence-electron chi connectivity index (χ2n) is 3.00. The van der Waals surface area contributed by atoms with Crippen molar-refractivity contribution in [1.29, 1.82) is 5.26 Å². The van der Waals surface area contributed by atoms with E-state index >= 15 is 0 Å². The number of rotatable bonds is 1. The summed E-state index contributed by atoms with van der Waals surface area (Å²) >= 11 is 0. The average Bonchev–Trinajstić information content (AvgIpc) is 2.73. The number of carbonyl (C=O) groups excluding carboxylic acids is 1. The lowest BCUT2D eigenvalue weighted by Crippen LogP contribution is -1.90. The van der Waals surface area contributed by atoms with Gasteiger partial charge < -0.3 is 0 Å². The first-order valence-corrected chi connectivity index (χ1v) is 5.11. The third-order valence-electron chi connectivity index (χ3n) is 2.08. The van der Waals surface area contributed by atoms with Crippen LogP contribution in [-0.4, -0.2) is 16.0 Å². The number of nitrogens with zero attached hydrogens (tertiary/aromatic N) is 2. The molecule has 1 aromatic heterocycles. The van der Waals surface area contributed by atoms with Gasteiger partial charge in [-0.05, 0) is 25.1 Å². The Morgan fingerprint density at radius 1 is 1.44 bits per heavy atom. The van der Waals surface area contributed by atoms with E-state index in [1.807, 2.05) is 19.9 Å². The fourth-order valence-electron chi connectivity index (χ4n) is 1.32. The van der Waals surface area contributed by atoms with Crippen LogP contribution in [0.4, 0.5) is 0 Å². The number of aromatic nitrogens is 2. The van der Waals surface area contributed by atoms with Crippen molar-refractivity contribution in [2.24, 2.45) is 0 Å². The van der Waals surface area contributed by atoms with Gasteiger partial charge in [0.25, 0.3) is 0 Å². The molecule has 0 saturated carbocycles. The minimum Gasteiger partial charge on any atom is -0.295 e. The number of nitrogens with one attached hydrogen (secondary N) is 1. The zero-order valence-electron chi connectivity index (χ0n) is 9.53. The number of aromatic amines is 1. The molecule has 4 nitrogen and oxygen atoms in total. The molecule has 0 aliphatic rings. The average molecular weight is 215 g/mol. The number of carbonyl (C=O) groups is 1. The van der Waals surface area contributed by atoms with Crippen LogP contribution in [0.3, 0.4) is 0 Å². The summed E-state index contributed by atoms with van der Waals surface area (Å²) in [4.78, 5) is 11.1. The molecule has 0 radical (unpaired) electrons. The van der Waals surface area contributed by atoms with E-state index in [0.29, 0.717) is 16.6 Å². The predicted molar refractivity (Wildman–Crippen MR) is 62.2 cm³/mol. The summed E-state index contributed by atoms with van der Waals surface area (Å²) < 4.78 is 0. The van der Waals surface area contributed by atoms with Gasteiger partial charge in [0.05, 0.1) is 5.52 Å². The Morgan fingerprint density at radius 2 is 2.12 bits per heavy atom. The van der Waals surface area contributed by atoms with Crippen molar-refractivity contribution >= 4 is 16.7 Å². The van der Waals surface area contributed by atoms with E-state index in [0.717, 1.165) is 5.52 Å². The van der Waals surface area contributed by atoms with Gasteiger partial charge in [-0.3, -0.25) is 9.89 Å². The lowest BCUT2D eigenvalue weighted by molar-refractivity contribution is 0.101. The third kappa shape index (κ3) is 2.09. The predicted octanol–water partition coefficient (Wildman–Crippen LogP) is 2.66. The van der Waals surface area contributed by atoms with Gasteiger partial charge in [0, 0.05) is 10.9 Å². The Morgan fingerprint density at radius 3 is 2.69 bits per heavy atom. The molecule has 1 aromatic carbocycles. The van der Waals surface area contributed by atoms with Crippen LogP contribution in [0.15, 0.2) is 18.2 Å². The largest absolute Gasteiger partial charge is 0.295 e. The van der Waals surface area contributed by atoms with Crippen molar-refractivity contribution < 1.29 is 4.79 Å². The van der Waals surface area contributed by atoms with Crippen molar-refractivity contribution in [2.45, 2.75) is 20.8 Å². The van der Waals surface area contributed by atoms with Crippen LogP contribution >= 0.6 is 0 Å². The van der Waals surface area contributed by atoms with Gasteiger partial charge in [-0.25, -0.2) is 0 Å². The molecule has 0 atom stereocenters. The van der Waals surface area contributed by atoms with Crippen molar-refractivity contribution in [2.75, 3.05) is 0 Å². The molecule has 1 N–H and O–H groups in total. The second kappa shape index (κ2) is 5.08. The van der Waals surface area contributed by atoms with Crippen LogP contribution in [0.25, 0.3) is 10.9 Å². The molecule has 1 heterocycles. The van der Waals surface area contributed by atoms with E-state index < -0.39 is 0 Å². The fourth-order valence-corrected chi connectivity index (χ4v) is 1.32. The zero-order valence-corrected chi connectivity index (χ0v) is 9.53. The van der Waals surface area contributed by atoms with Gasteiger partial charge in [-0.1, -0.05) is 13.8 Å². The SMILES string of the molecule is CC.CC(=O)c1ccc2[nH]nc(C#N)c2c1. The number of hydrogen-bond acceptors (Lipinski definition) is 3. The molecule has 0 spiro atoms. The van der Waals surface area contributed by atoms with Gasteiger partial charge in [-0.2, -0.15) is 10.4 Å². The molecule has 0 fully saturated rings. The summed E-state index contributed by atoms with van der Waals surface area (Å²) in [5, 5.41) is 16.0. The van der Waals surface area contributed by atoms with E-state index in [1.54, 1.807) is 18.2 Å². The summed E-state index contributed by atoms with van der Waals surface area (Å²) in [5.41, 5.74) is 1.69. The van der Waals surface area contributed by atoms with E-state index in [2.05, 4.69) is 10.2 Å². The number of ketones is 1. The summed E-state index contributed by atoms with van der Waals surface area (Å²) in [6, 6.07) is 7.10. The van der Waals surface area contributed by atoms with Gasteiger partial charge in [0.15, 0.2) is 11.5 Å². The van der Waals surface area contributed by atoms with Gasteiger partial charge in [0.2, 0.25) is 0 Å². The molecule has 16 heavy (non-hydrogen) atoms. The normalized spacial score (nSPS) is 9.12. The Bertz CT molecular complexity index is 549. The third-order valence-corrected chi connectivity index (χ3v) is 2.08. The molecule has 82 valence electrons. The molecule has 0 aliphatic heterocycles. The maximum absolute atomic E-state index is 11.1. The van der Waals surface area contributed by atoms with Crippen LogP contribution in [0.1, 0.15) is 36.8 Å². The lowest BCUT2D eigenvalue weighted by atomic mass is 10.1. The van der Waals surface area contributed by atoms with Crippen molar-refractivity contribution in [3.63, 3.8) is 0 Å². The number of fused-ring (bicyclic) bond motifs is 1. The van der Waals surface area contributed by atoms with E-state index in [1.165, 1.54) is 6.92 Å². The molecule has 4 heteroatoms. The molecule has 2 aromatic rings. The standard InChI is InChI=1S/C10H7N3O.C2H6/c1-6(14)7-2-3-9-8(4-7)10(5-11)13-12-9;1-2/h2-4H,1H3,(H,12,13);1-2H3. The second-order valence-corrected chi connectivity index (χ2v) is 3.00. The minimum absolute atomic E-state index is 0.0167. The molecular weight excluding hydrogens is 202 g/mol. The number of benzene rings is 1. The van der Waals surface area contributed by atoms with Gasteiger partial charge >= 0.3 is 0 Å². The van der Waals surface area contributed by atoms with E-state index in [-0.39, 0.29) is 5.78 Å². The van der Waals surface area contributed by atoms with Crippen LogP contribution in [0.2, 0.25) is 0 Å². The quantitative estimate of drug-likeness (QED) is 0.743. The molecule has 0 amide bonds. The molecule has 0 saturated heterocycles. The summed E-state index contributed by atoms with van der Waals surface area (Å²) in [7, 11) is 0. The van der Waals surface area contributed by atoms with E-state index in [9.17, 15) is 4.79 Å². The number of Topliss-reactive ketones (excluding diaryl/α,β-unsaturated/α-hetero) is 1. The van der Waals surface area contributed by atoms with E-state index in [4.69, 9.17) is 5.26 Å². The zero-order chi connectivity index (χ0) is 12.1. The molecule has 0 unspecified atom stereocenters. The van der Waals surface area contributed by atoms with Crippen LogP contribution in [0, 0.1) is 11.3 Å². The first-order chi connectivity index (χ1) is 7.72. The highest BCUT2D eigenvalue weighted by Crippen LogP contribution is 2.17. The highest BCUT2D eigenvalue weighted by atomic mass is 16.1. The first-order valence-electron chi connectivity index (χ1n) is 5.11. The van der Waals surface area contributed by atoms with Gasteiger partial charge in [0.1, 0.15) is 6.07 Å². The van der Waals surface area contributed by atoms with Crippen LogP contribution in [-0.2, 0) is 0 Å². The number of hydrogen-bond donors (Lipinski definition) is 1. The van der Waals surface area contributed by atoms with Crippen LogP contribution in [0.5, 0.6) is 0 Å². The van der Waals surface area contributed by atoms with Crippen molar-refractivity contribution in [1.82, 2.24) is 10.2 Å². The summed E-state index contributed by atoms with van der Waals surface area (Å²) in [5.74, 6) is -0.0167. The maximum Gasteiger partial charge on any atom is 0.170 e. The van der Waals surface area contributed by atoms with Crippen LogP contribution < -0.4 is 0 Å². The topological polar surface area (TPSA) is 69.5 Å². The van der Waals surface area contributed by atoms with Crippen molar-refractivity contribution in [3.05, 3.63) is 29.5 Å². The Balaban J connectivity index is 0.000000606. The van der Waals surface area contributed by atoms with Gasteiger partial charge in [-0.15, -0.1) is 0 Å². The minimum atomic E-state index is -0.0167. The highest BCUT2D eigenvalue weighted by molar-refractivity contribution is 5.98. The summed E-state index contributed by atoms with van der Waals surface area (Å²) in [6.45, 7) is 5.49. The van der Waals surface area contributed by atoms with Crippen molar-refractivity contribution in [3.8, 4) is 6.07 Å². The first kappa shape index (κ1) is 11.9. The Labute approximate surface area is 93.9 Å². The number of H-pyrrole nitrogens is 1. The number of nitriles is 1. The Hall–Kier alpha value is -2.15. The maximum atomic E-state index is 11.1. The lowest BCUT2D eigenvalue weighted by Gasteiger charge is -1.94. The highest BCUT2D eigenvalue weighted by Gasteiger charge is 2.07. The fraction of sp³-hybridized carbons (Fsp3) is 0.250. The molecule has 0 bridgehead atoms. The molecule has 2 rings (SSSR count). The molecule has 0 aliphatic carbocycles. The monoisotopic (exact) mass is 215 g/mol. The molecular formula is C12H13N3O. The smallest absolute Gasteiger partial charge is 0.170 e. The Kier molecular flexibility index (Phi) is 3.78. The summed E-state index contributed by atoms with van der Waals surface area (Å²) in [6.07, 6.45) is 0.